The first-order valence-corrected chi connectivity index (χ1v) is 12.1. The van der Waals surface area contributed by atoms with E-state index in [9.17, 15) is 18.0 Å². The fourth-order valence-corrected chi connectivity index (χ4v) is 5.05. The molecule has 0 saturated carbocycles. The Balaban J connectivity index is 1.47. The number of carbonyl (C=O) groups excluding carboxylic acids is 2. The molecule has 2 fully saturated rings. The van der Waals surface area contributed by atoms with Crippen molar-refractivity contribution in [2.75, 3.05) is 30.4 Å². The molecule has 2 aromatic rings. The van der Waals surface area contributed by atoms with E-state index in [-0.39, 0.29) is 16.7 Å². The lowest BCUT2D eigenvalue weighted by Crippen LogP contribution is -2.35. The molecular formula is C23H26N4O4S. The summed E-state index contributed by atoms with van der Waals surface area (Å²) in [5.41, 5.74) is 1.56. The highest BCUT2D eigenvalue weighted by Crippen LogP contribution is 2.23. The summed E-state index contributed by atoms with van der Waals surface area (Å²) in [6, 6.07) is 12.9. The summed E-state index contributed by atoms with van der Waals surface area (Å²) < 4.78 is 29.4. The van der Waals surface area contributed by atoms with E-state index in [0.717, 1.165) is 31.5 Å². The van der Waals surface area contributed by atoms with Crippen LogP contribution in [0.2, 0.25) is 0 Å². The van der Waals surface area contributed by atoms with Gasteiger partial charge in [-0.1, -0.05) is 6.07 Å². The number of amidine groups is 1. The number of anilines is 2. The lowest BCUT2D eigenvalue weighted by molar-refractivity contribution is -0.119. The van der Waals surface area contributed by atoms with Gasteiger partial charge in [-0.15, -0.1) is 4.40 Å². The molecule has 2 aliphatic heterocycles. The number of sulfonamides is 1. The van der Waals surface area contributed by atoms with Gasteiger partial charge in [0.2, 0.25) is 5.91 Å². The Kier molecular flexibility index (Phi) is 6.27. The maximum Gasteiger partial charge on any atom is 0.284 e. The predicted molar refractivity (Wildman–Crippen MR) is 124 cm³/mol. The summed E-state index contributed by atoms with van der Waals surface area (Å²) in [5, 5.41) is 2.74. The van der Waals surface area contributed by atoms with Gasteiger partial charge < -0.3 is 15.1 Å². The second-order valence-electron chi connectivity index (χ2n) is 8.04. The minimum Gasteiger partial charge on any atom is -0.362 e. The standard InChI is InChI=1S/C23H26N4O4S/c1-26-14-5-8-21(26)25-32(30,31)20-7-4-6-18(16-20)24-23(29)17-10-12-19(13-11-17)27-15-3-2-9-22(27)28/h4,6-7,10-13,16H,2-3,5,8-9,14-15H2,1H3,(H,24,29)/b25-21+. The Morgan fingerprint density at radius 2 is 1.78 bits per heavy atom. The molecule has 0 aromatic heterocycles. The second-order valence-corrected chi connectivity index (χ2v) is 9.64. The second kappa shape index (κ2) is 9.12. The van der Waals surface area contributed by atoms with Gasteiger partial charge in [0, 0.05) is 49.9 Å². The SMILES string of the molecule is CN1CCC/C1=N\S(=O)(=O)c1cccc(NC(=O)c2ccc(N3CCCCC3=O)cc2)c1. The number of hydrogen-bond donors (Lipinski definition) is 1. The normalized spacial score (nSPS) is 18.3. The van der Waals surface area contributed by atoms with Crippen molar-refractivity contribution in [2.45, 2.75) is 37.0 Å². The third-order valence-electron chi connectivity index (χ3n) is 5.71. The zero-order valence-corrected chi connectivity index (χ0v) is 18.8. The number of benzene rings is 2. The number of nitrogens with one attached hydrogen (secondary N) is 1. The molecule has 2 saturated heterocycles. The molecule has 2 heterocycles. The molecule has 9 heteroatoms. The summed E-state index contributed by atoms with van der Waals surface area (Å²) in [7, 11) is -2.04. The molecule has 1 N–H and O–H groups in total. The van der Waals surface area contributed by atoms with Gasteiger partial charge in [-0.3, -0.25) is 9.59 Å². The zero-order chi connectivity index (χ0) is 22.7. The Hall–Kier alpha value is -3.20. The lowest BCUT2D eigenvalue weighted by atomic mass is 10.1. The Morgan fingerprint density at radius 3 is 2.47 bits per heavy atom. The molecule has 32 heavy (non-hydrogen) atoms. The number of carbonyl (C=O) groups is 2. The number of likely N-dealkylation sites (tertiary alicyclic amines) is 1. The molecule has 0 radical (unpaired) electrons. The van der Waals surface area contributed by atoms with Crippen LogP contribution in [0, 0.1) is 0 Å². The summed E-state index contributed by atoms with van der Waals surface area (Å²) in [6.07, 6.45) is 3.93. The van der Waals surface area contributed by atoms with Crippen LogP contribution in [0.3, 0.4) is 0 Å². The first-order valence-electron chi connectivity index (χ1n) is 10.7. The van der Waals surface area contributed by atoms with Crippen molar-refractivity contribution in [1.29, 1.82) is 0 Å². The number of rotatable bonds is 5. The minimum atomic E-state index is -3.87. The van der Waals surface area contributed by atoms with Gasteiger partial charge in [-0.2, -0.15) is 8.42 Å². The van der Waals surface area contributed by atoms with Crippen molar-refractivity contribution in [3.05, 3.63) is 54.1 Å². The fraction of sp³-hybridized carbons (Fsp3) is 0.348. The lowest BCUT2D eigenvalue weighted by Gasteiger charge is -2.26. The van der Waals surface area contributed by atoms with Crippen LogP contribution in [0.5, 0.6) is 0 Å². The van der Waals surface area contributed by atoms with Gasteiger partial charge in [0.25, 0.3) is 15.9 Å². The monoisotopic (exact) mass is 454 g/mol. The van der Waals surface area contributed by atoms with Crippen molar-refractivity contribution in [2.24, 2.45) is 4.40 Å². The molecule has 0 unspecified atom stereocenters. The van der Waals surface area contributed by atoms with Crippen LogP contribution < -0.4 is 10.2 Å². The molecule has 8 nitrogen and oxygen atoms in total. The fourth-order valence-electron chi connectivity index (χ4n) is 3.91. The van der Waals surface area contributed by atoms with Crippen molar-refractivity contribution < 1.29 is 18.0 Å². The number of hydrogen-bond acceptors (Lipinski definition) is 4. The summed E-state index contributed by atoms with van der Waals surface area (Å²) in [6.45, 7) is 1.47. The highest BCUT2D eigenvalue weighted by molar-refractivity contribution is 7.90. The van der Waals surface area contributed by atoms with Gasteiger partial charge in [-0.05, 0) is 61.7 Å². The molecule has 2 aliphatic rings. The molecule has 0 bridgehead atoms. The van der Waals surface area contributed by atoms with Crippen molar-refractivity contribution in [3.8, 4) is 0 Å². The smallest absolute Gasteiger partial charge is 0.284 e. The summed E-state index contributed by atoms with van der Waals surface area (Å²) in [5.74, 6) is 0.281. The third-order valence-corrected chi connectivity index (χ3v) is 7.02. The maximum atomic E-state index is 12.7. The van der Waals surface area contributed by atoms with Crippen LogP contribution in [0.25, 0.3) is 0 Å². The molecule has 0 atom stereocenters. The van der Waals surface area contributed by atoms with Crippen molar-refractivity contribution in [1.82, 2.24) is 4.90 Å². The first kappa shape index (κ1) is 22.0. The maximum absolute atomic E-state index is 12.7. The van der Waals surface area contributed by atoms with Gasteiger partial charge in [-0.25, -0.2) is 0 Å². The van der Waals surface area contributed by atoms with Gasteiger partial charge >= 0.3 is 0 Å². The van der Waals surface area contributed by atoms with Gasteiger partial charge in [0.15, 0.2) is 0 Å². The van der Waals surface area contributed by atoms with E-state index in [4.69, 9.17) is 0 Å². The van der Waals surface area contributed by atoms with Crippen LogP contribution in [-0.2, 0) is 14.8 Å². The minimum absolute atomic E-state index is 0.0297. The van der Waals surface area contributed by atoms with Crippen LogP contribution in [0.15, 0.2) is 57.8 Å². The largest absolute Gasteiger partial charge is 0.362 e. The van der Waals surface area contributed by atoms with Gasteiger partial charge in [0.05, 0.1) is 4.90 Å². The first-order chi connectivity index (χ1) is 15.3. The van der Waals surface area contributed by atoms with Crippen LogP contribution in [0.1, 0.15) is 42.5 Å². The quantitative estimate of drug-likeness (QED) is 0.748. The van der Waals surface area contributed by atoms with E-state index >= 15 is 0 Å². The number of piperidine rings is 1. The van der Waals surface area contributed by atoms with Gasteiger partial charge in [0.1, 0.15) is 5.84 Å². The molecule has 4 rings (SSSR count). The summed E-state index contributed by atoms with van der Waals surface area (Å²) in [4.78, 5) is 28.4. The van der Waals surface area contributed by atoms with Crippen molar-refractivity contribution >= 4 is 39.0 Å². The Morgan fingerprint density at radius 1 is 1.00 bits per heavy atom. The van der Waals surface area contributed by atoms with Crippen LogP contribution >= 0.6 is 0 Å². The average molecular weight is 455 g/mol. The number of nitrogens with zero attached hydrogens (tertiary/aromatic N) is 3. The van der Waals surface area contributed by atoms with Crippen molar-refractivity contribution in [3.63, 3.8) is 0 Å². The molecule has 0 spiro atoms. The predicted octanol–water partition coefficient (Wildman–Crippen LogP) is 3.27. The molecule has 0 aliphatic carbocycles. The van der Waals surface area contributed by atoms with E-state index in [0.29, 0.717) is 36.5 Å². The Labute approximate surface area is 188 Å². The topological polar surface area (TPSA) is 99.2 Å². The van der Waals surface area contributed by atoms with E-state index < -0.39 is 10.0 Å². The Bertz CT molecular complexity index is 1160. The molecular weight excluding hydrogens is 428 g/mol. The molecule has 168 valence electrons. The highest BCUT2D eigenvalue weighted by atomic mass is 32.2. The highest BCUT2D eigenvalue weighted by Gasteiger charge is 2.21. The summed E-state index contributed by atoms with van der Waals surface area (Å²) >= 11 is 0. The van der Waals surface area contributed by atoms with E-state index in [2.05, 4.69) is 9.71 Å². The van der Waals surface area contributed by atoms with E-state index in [1.165, 1.54) is 12.1 Å². The third kappa shape index (κ3) is 4.83. The zero-order valence-electron chi connectivity index (χ0n) is 18.0. The van der Waals surface area contributed by atoms with E-state index in [1.807, 2.05) is 11.9 Å². The average Bonchev–Trinajstić information content (AvgIpc) is 3.18. The van der Waals surface area contributed by atoms with Crippen LogP contribution in [-0.4, -0.2) is 51.1 Å². The molecule has 2 amide bonds. The van der Waals surface area contributed by atoms with Crippen LogP contribution in [0.4, 0.5) is 11.4 Å². The van der Waals surface area contributed by atoms with E-state index in [1.54, 1.807) is 41.3 Å². The number of amides is 2. The molecule has 2 aromatic carbocycles.